The number of amides is 2. The second-order valence-electron chi connectivity index (χ2n) is 5.68. The zero-order valence-corrected chi connectivity index (χ0v) is 15.0. The molecular weight excluding hydrogens is 348 g/mol. The van der Waals surface area contributed by atoms with E-state index in [1.54, 1.807) is 18.2 Å². The lowest BCUT2D eigenvalue weighted by atomic mass is 10.2. The SMILES string of the molecule is CCOc1ccc(C(=O)NNC(=O)Cc2nc3ccccc3[nH]2)cc1OC. The summed E-state index contributed by atoms with van der Waals surface area (Å²) >= 11 is 0. The zero-order chi connectivity index (χ0) is 19.2. The Labute approximate surface area is 155 Å². The highest BCUT2D eigenvalue weighted by molar-refractivity contribution is 5.96. The smallest absolute Gasteiger partial charge is 0.269 e. The molecule has 3 N–H and O–H groups in total. The van der Waals surface area contributed by atoms with Gasteiger partial charge in [-0.25, -0.2) is 4.98 Å². The topological polar surface area (TPSA) is 105 Å². The first-order valence-corrected chi connectivity index (χ1v) is 8.44. The van der Waals surface area contributed by atoms with Crippen molar-refractivity contribution in [3.05, 3.63) is 53.9 Å². The van der Waals surface area contributed by atoms with Gasteiger partial charge in [0.05, 0.1) is 31.2 Å². The van der Waals surface area contributed by atoms with Gasteiger partial charge in [-0.2, -0.15) is 0 Å². The summed E-state index contributed by atoms with van der Waals surface area (Å²) in [5, 5.41) is 0. The Hall–Kier alpha value is -3.55. The summed E-state index contributed by atoms with van der Waals surface area (Å²) in [6, 6.07) is 12.3. The molecular formula is C19H20N4O4. The van der Waals surface area contributed by atoms with Gasteiger partial charge in [0.25, 0.3) is 5.91 Å². The van der Waals surface area contributed by atoms with Crippen LogP contribution >= 0.6 is 0 Å². The van der Waals surface area contributed by atoms with Gasteiger partial charge in [0.1, 0.15) is 5.82 Å². The molecule has 0 spiro atoms. The van der Waals surface area contributed by atoms with Gasteiger partial charge in [0.15, 0.2) is 11.5 Å². The number of hydrogen-bond donors (Lipinski definition) is 3. The number of hydrazine groups is 1. The van der Waals surface area contributed by atoms with Crippen LogP contribution in [0.25, 0.3) is 11.0 Å². The van der Waals surface area contributed by atoms with E-state index in [0.717, 1.165) is 11.0 Å². The van der Waals surface area contributed by atoms with Crippen molar-refractivity contribution in [1.82, 2.24) is 20.8 Å². The average molecular weight is 368 g/mol. The lowest BCUT2D eigenvalue weighted by Crippen LogP contribution is -2.42. The Balaban J connectivity index is 1.58. The third-order valence-electron chi connectivity index (χ3n) is 3.81. The minimum atomic E-state index is -0.464. The number of hydrogen-bond acceptors (Lipinski definition) is 5. The van der Waals surface area contributed by atoms with Crippen LogP contribution in [-0.2, 0) is 11.2 Å². The molecule has 0 bridgehead atoms. The van der Waals surface area contributed by atoms with Gasteiger partial charge in [-0.1, -0.05) is 12.1 Å². The minimum absolute atomic E-state index is 0.0154. The number of nitrogens with one attached hydrogen (secondary N) is 3. The number of aromatic amines is 1. The van der Waals surface area contributed by atoms with Crippen LogP contribution in [0.15, 0.2) is 42.5 Å². The number of aromatic nitrogens is 2. The summed E-state index contributed by atoms with van der Waals surface area (Å²) in [5.74, 6) is 0.656. The highest BCUT2D eigenvalue weighted by Gasteiger charge is 2.13. The fraction of sp³-hybridized carbons (Fsp3) is 0.211. The van der Waals surface area contributed by atoms with E-state index in [0.29, 0.717) is 29.5 Å². The van der Waals surface area contributed by atoms with Gasteiger partial charge in [0, 0.05) is 5.56 Å². The normalized spacial score (nSPS) is 10.4. The number of carbonyl (C=O) groups excluding carboxylic acids is 2. The predicted octanol–water partition coefficient (Wildman–Crippen LogP) is 1.97. The molecule has 2 aromatic carbocycles. The van der Waals surface area contributed by atoms with E-state index in [-0.39, 0.29) is 12.3 Å². The highest BCUT2D eigenvalue weighted by atomic mass is 16.5. The zero-order valence-electron chi connectivity index (χ0n) is 15.0. The number of rotatable bonds is 6. The molecule has 0 radical (unpaired) electrons. The molecule has 1 heterocycles. The first kappa shape index (κ1) is 18.2. The molecule has 0 saturated carbocycles. The van der Waals surface area contributed by atoms with Crippen molar-refractivity contribution in [3.8, 4) is 11.5 Å². The van der Waals surface area contributed by atoms with E-state index in [1.807, 2.05) is 31.2 Å². The van der Waals surface area contributed by atoms with Gasteiger partial charge in [-0.3, -0.25) is 20.4 Å². The molecule has 1 aromatic heterocycles. The monoisotopic (exact) mass is 368 g/mol. The molecule has 0 aliphatic carbocycles. The Morgan fingerprint density at radius 2 is 1.93 bits per heavy atom. The molecule has 8 nitrogen and oxygen atoms in total. The fourth-order valence-corrected chi connectivity index (χ4v) is 2.57. The van der Waals surface area contributed by atoms with Gasteiger partial charge in [-0.05, 0) is 37.3 Å². The standard InChI is InChI=1S/C19H20N4O4/c1-3-27-15-9-8-12(10-16(15)26-2)19(25)23-22-18(24)11-17-20-13-6-4-5-7-14(13)21-17/h4-10H,3,11H2,1-2H3,(H,20,21)(H,22,24)(H,23,25). The molecule has 8 heteroatoms. The van der Waals surface area contributed by atoms with Gasteiger partial charge in [-0.15, -0.1) is 0 Å². The predicted molar refractivity (Wildman–Crippen MR) is 99.6 cm³/mol. The van der Waals surface area contributed by atoms with Crippen molar-refractivity contribution in [2.45, 2.75) is 13.3 Å². The summed E-state index contributed by atoms with van der Waals surface area (Å²) in [5.41, 5.74) is 6.73. The van der Waals surface area contributed by atoms with Gasteiger partial charge in [0.2, 0.25) is 5.91 Å². The first-order chi connectivity index (χ1) is 13.1. The number of imidazole rings is 1. The Kier molecular flexibility index (Phi) is 5.55. The quantitative estimate of drug-likeness (QED) is 0.577. The average Bonchev–Trinajstić information content (AvgIpc) is 3.08. The van der Waals surface area contributed by atoms with Crippen molar-refractivity contribution in [3.63, 3.8) is 0 Å². The molecule has 3 aromatic rings. The molecule has 0 atom stereocenters. The van der Waals surface area contributed by atoms with Crippen molar-refractivity contribution < 1.29 is 19.1 Å². The van der Waals surface area contributed by atoms with Gasteiger partial charge >= 0.3 is 0 Å². The van der Waals surface area contributed by atoms with Crippen LogP contribution in [0.1, 0.15) is 23.1 Å². The van der Waals surface area contributed by atoms with E-state index in [1.165, 1.54) is 7.11 Å². The van der Waals surface area contributed by atoms with Crippen LogP contribution in [0, 0.1) is 0 Å². The fourth-order valence-electron chi connectivity index (χ4n) is 2.57. The Morgan fingerprint density at radius 1 is 1.11 bits per heavy atom. The second-order valence-corrected chi connectivity index (χ2v) is 5.68. The van der Waals surface area contributed by atoms with Crippen LogP contribution in [0.4, 0.5) is 0 Å². The van der Waals surface area contributed by atoms with E-state index in [9.17, 15) is 9.59 Å². The molecule has 0 fully saturated rings. The molecule has 0 unspecified atom stereocenters. The molecule has 0 saturated heterocycles. The van der Waals surface area contributed by atoms with Crippen LogP contribution in [-0.4, -0.2) is 35.5 Å². The van der Waals surface area contributed by atoms with Crippen LogP contribution in [0.2, 0.25) is 0 Å². The number of H-pyrrole nitrogens is 1. The third kappa shape index (κ3) is 4.35. The summed E-state index contributed by atoms with van der Waals surface area (Å²) in [7, 11) is 1.49. The number of nitrogens with zero attached hydrogens (tertiary/aromatic N) is 1. The lowest BCUT2D eigenvalue weighted by molar-refractivity contribution is -0.121. The lowest BCUT2D eigenvalue weighted by Gasteiger charge is -2.11. The third-order valence-corrected chi connectivity index (χ3v) is 3.81. The molecule has 0 aliphatic rings. The highest BCUT2D eigenvalue weighted by Crippen LogP contribution is 2.27. The minimum Gasteiger partial charge on any atom is -0.493 e. The first-order valence-electron chi connectivity index (χ1n) is 8.44. The van der Waals surface area contributed by atoms with Crippen molar-refractivity contribution in [1.29, 1.82) is 0 Å². The van der Waals surface area contributed by atoms with E-state index >= 15 is 0 Å². The summed E-state index contributed by atoms with van der Waals surface area (Å²) in [6.07, 6.45) is 0.0154. The van der Waals surface area contributed by atoms with Crippen molar-refractivity contribution in [2.24, 2.45) is 0 Å². The molecule has 0 aliphatic heterocycles. The van der Waals surface area contributed by atoms with Crippen molar-refractivity contribution >= 4 is 22.8 Å². The number of fused-ring (bicyclic) bond motifs is 1. The summed E-state index contributed by atoms with van der Waals surface area (Å²) < 4.78 is 10.6. The van der Waals surface area contributed by atoms with Crippen LogP contribution in [0.5, 0.6) is 11.5 Å². The number of para-hydroxylation sites is 2. The van der Waals surface area contributed by atoms with Crippen LogP contribution < -0.4 is 20.3 Å². The van der Waals surface area contributed by atoms with Gasteiger partial charge < -0.3 is 14.5 Å². The summed E-state index contributed by atoms with van der Waals surface area (Å²) in [4.78, 5) is 31.7. The second kappa shape index (κ2) is 8.22. The summed E-state index contributed by atoms with van der Waals surface area (Å²) in [6.45, 7) is 2.34. The number of benzene rings is 2. The molecule has 27 heavy (non-hydrogen) atoms. The Morgan fingerprint density at radius 3 is 2.67 bits per heavy atom. The Bertz CT molecular complexity index is 934. The largest absolute Gasteiger partial charge is 0.493 e. The number of ether oxygens (including phenoxy) is 2. The maximum absolute atomic E-state index is 12.2. The van der Waals surface area contributed by atoms with E-state index in [2.05, 4.69) is 20.8 Å². The van der Waals surface area contributed by atoms with E-state index in [4.69, 9.17) is 9.47 Å². The number of methoxy groups -OCH3 is 1. The molecule has 3 rings (SSSR count). The maximum Gasteiger partial charge on any atom is 0.269 e. The van der Waals surface area contributed by atoms with Crippen LogP contribution in [0.3, 0.4) is 0 Å². The van der Waals surface area contributed by atoms with E-state index < -0.39 is 5.91 Å². The molecule has 140 valence electrons. The molecule has 2 amide bonds. The number of carbonyl (C=O) groups is 2. The van der Waals surface area contributed by atoms with Crippen molar-refractivity contribution in [2.75, 3.05) is 13.7 Å². The maximum atomic E-state index is 12.2.